The molecule has 1 heterocycles. The summed E-state index contributed by atoms with van der Waals surface area (Å²) in [5, 5.41) is 3.06. The molecular formula is C18H29N2O2+. The largest absolute Gasteiger partial charge is 0.364 e. The van der Waals surface area contributed by atoms with Crippen molar-refractivity contribution in [1.29, 1.82) is 0 Å². The van der Waals surface area contributed by atoms with Crippen LogP contribution in [0.3, 0.4) is 0 Å². The van der Waals surface area contributed by atoms with E-state index in [0.29, 0.717) is 18.6 Å². The van der Waals surface area contributed by atoms with Crippen molar-refractivity contribution >= 4 is 11.6 Å². The van der Waals surface area contributed by atoms with Crippen molar-refractivity contribution in [2.45, 2.75) is 52.7 Å². The number of carbonyl (C=O) groups is 1. The number of nitrogens with one attached hydrogen (secondary N) is 2. The number of morpholine rings is 1. The van der Waals surface area contributed by atoms with Gasteiger partial charge in [-0.25, -0.2) is 0 Å². The number of para-hydroxylation sites is 1. The van der Waals surface area contributed by atoms with Gasteiger partial charge in [0.15, 0.2) is 0 Å². The van der Waals surface area contributed by atoms with Crippen molar-refractivity contribution in [1.82, 2.24) is 0 Å². The van der Waals surface area contributed by atoms with E-state index in [4.69, 9.17) is 4.74 Å². The summed E-state index contributed by atoms with van der Waals surface area (Å²) in [4.78, 5) is 13.7. The minimum atomic E-state index is 0.117. The lowest BCUT2D eigenvalue weighted by molar-refractivity contribution is -0.915. The van der Waals surface area contributed by atoms with Gasteiger partial charge in [-0.15, -0.1) is 0 Å². The van der Waals surface area contributed by atoms with Crippen LogP contribution in [-0.2, 0) is 9.53 Å². The standard InChI is InChI=1S/C18H28N2O2/c1-13-7-5-8-14(2)18(13)19-17(21)9-6-10-20-11-15(3)22-16(4)12-20/h5,7-8,15-16H,6,9-12H2,1-4H3,(H,19,21)/p+1/t15-,16-/m0/s1. The van der Waals surface area contributed by atoms with Crippen molar-refractivity contribution in [2.75, 3.05) is 25.0 Å². The lowest BCUT2D eigenvalue weighted by Crippen LogP contribution is -3.15. The van der Waals surface area contributed by atoms with Crippen molar-refractivity contribution in [2.24, 2.45) is 0 Å². The smallest absolute Gasteiger partial charge is 0.224 e. The van der Waals surface area contributed by atoms with Gasteiger partial charge >= 0.3 is 0 Å². The highest BCUT2D eigenvalue weighted by Crippen LogP contribution is 2.19. The van der Waals surface area contributed by atoms with Gasteiger partial charge in [0.2, 0.25) is 5.91 Å². The number of anilines is 1. The second kappa shape index (κ2) is 7.75. The van der Waals surface area contributed by atoms with Crippen LogP contribution in [0.5, 0.6) is 0 Å². The second-order valence-electron chi connectivity index (χ2n) is 6.58. The van der Waals surface area contributed by atoms with Crippen LogP contribution < -0.4 is 10.2 Å². The van der Waals surface area contributed by atoms with Crippen LogP contribution in [0, 0.1) is 13.8 Å². The molecule has 4 nitrogen and oxygen atoms in total. The quantitative estimate of drug-likeness (QED) is 0.870. The normalized spacial score (nSPS) is 25.0. The van der Waals surface area contributed by atoms with Gasteiger partial charge in [0.05, 0.1) is 6.54 Å². The predicted molar refractivity (Wildman–Crippen MR) is 89.4 cm³/mol. The minimum absolute atomic E-state index is 0.117. The van der Waals surface area contributed by atoms with Crippen LogP contribution in [0.4, 0.5) is 5.69 Å². The molecule has 1 aliphatic rings. The van der Waals surface area contributed by atoms with E-state index in [1.807, 2.05) is 32.0 Å². The number of hydrogen-bond acceptors (Lipinski definition) is 2. The first-order valence-electron chi connectivity index (χ1n) is 8.30. The molecule has 0 bridgehead atoms. The maximum Gasteiger partial charge on any atom is 0.224 e. The molecular weight excluding hydrogens is 276 g/mol. The van der Waals surface area contributed by atoms with Crippen molar-refractivity contribution in [3.05, 3.63) is 29.3 Å². The molecule has 0 saturated carbocycles. The summed E-state index contributed by atoms with van der Waals surface area (Å²) in [5.74, 6) is 0.117. The first kappa shape index (κ1) is 17.0. The van der Waals surface area contributed by atoms with Gasteiger partial charge in [0.1, 0.15) is 25.3 Å². The van der Waals surface area contributed by atoms with Crippen LogP contribution in [-0.4, -0.2) is 37.7 Å². The lowest BCUT2D eigenvalue weighted by Gasteiger charge is -2.32. The third-order valence-corrected chi connectivity index (χ3v) is 4.30. The molecule has 1 amide bonds. The Kier molecular flexibility index (Phi) is 5.98. The Labute approximate surface area is 133 Å². The van der Waals surface area contributed by atoms with E-state index in [2.05, 4.69) is 19.2 Å². The fraction of sp³-hybridized carbons (Fsp3) is 0.611. The van der Waals surface area contributed by atoms with E-state index in [1.54, 1.807) is 4.90 Å². The third-order valence-electron chi connectivity index (χ3n) is 4.30. The van der Waals surface area contributed by atoms with Crippen molar-refractivity contribution in [3.63, 3.8) is 0 Å². The SMILES string of the molecule is Cc1cccc(C)c1NC(=O)CCC[NH+]1C[C@H](C)O[C@@H](C)C1. The number of amides is 1. The molecule has 0 unspecified atom stereocenters. The van der Waals surface area contributed by atoms with Crippen LogP contribution in [0.1, 0.15) is 37.8 Å². The van der Waals surface area contributed by atoms with Gasteiger partial charge in [-0.2, -0.15) is 0 Å². The van der Waals surface area contributed by atoms with Crippen molar-refractivity contribution in [3.8, 4) is 0 Å². The molecule has 0 aliphatic carbocycles. The molecule has 0 radical (unpaired) electrons. The number of hydrogen-bond donors (Lipinski definition) is 2. The van der Waals surface area contributed by atoms with Gasteiger partial charge in [0, 0.05) is 18.5 Å². The molecule has 1 aliphatic heterocycles. The van der Waals surface area contributed by atoms with E-state index >= 15 is 0 Å². The molecule has 2 N–H and O–H groups in total. The maximum atomic E-state index is 12.1. The Morgan fingerprint density at radius 3 is 2.41 bits per heavy atom. The topological polar surface area (TPSA) is 42.8 Å². The second-order valence-corrected chi connectivity index (χ2v) is 6.58. The summed E-state index contributed by atoms with van der Waals surface area (Å²) in [6, 6.07) is 6.08. The first-order chi connectivity index (χ1) is 10.5. The zero-order valence-electron chi connectivity index (χ0n) is 14.2. The third kappa shape index (κ3) is 4.82. The van der Waals surface area contributed by atoms with Crippen LogP contribution in [0.15, 0.2) is 18.2 Å². The molecule has 1 saturated heterocycles. The Bertz CT molecular complexity index is 486. The van der Waals surface area contributed by atoms with E-state index in [0.717, 1.165) is 42.9 Å². The van der Waals surface area contributed by atoms with Gasteiger partial charge < -0.3 is 15.0 Å². The summed E-state index contributed by atoms with van der Waals surface area (Å²) < 4.78 is 5.75. The van der Waals surface area contributed by atoms with Gasteiger partial charge in [-0.1, -0.05) is 18.2 Å². The van der Waals surface area contributed by atoms with E-state index in [9.17, 15) is 4.79 Å². The van der Waals surface area contributed by atoms with E-state index in [1.165, 1.54) is 0 Å². The summed E-state index contributed by atoms with van der Waals surface area (Å²) in [6.45, 7) is 11.4. The maximum absolute atomic E-state index is 12.1. The predicted octanol–water partition coefficient (Wildman–Crippen LogP) is 1.71. The molecule has 1 aromatic rings. The Balaban J connectivity index is 1.76. The highest BCUT2D eigenvalue weighted by Gasteiger charge is 2.25. The summed E-state index contributed by atoms with van der Waals surface area (Å²) >= 11 is 0. The van der Waals surface area contributed by atoms with E-state index < -0.39 is 0 Å². The summed E-state index contributed by atoms with van der Waals surface area (Å²) in [7, 11) is 0. The number of aryl methyl sites for hydroxylation is 2. The number of benzene rings is 1. The molecule has 22 heavy (non-hydrogen) atoms. The highest BCUT2D eigenvalue weighted by atomic mass is 16.5. The van der Waals surface area contributed by atoms with Crippen LogP contribution in [0.25, 0.3) is 0 Å². The zero-order valence-corrected chi connectivity index (χ0v) is 14.2. The fourth-order valence-electron chi connectivity index (χ4n) is 3.31. The summed E-state index contributed by atoms with van der Waals surface area (Å²) in [6.07, 6.45) is 2.15. The molecule has 2 atom stereocenters. The van der Waals surface area contributed by atoms with Crippen LogP contribution in [0.2, 0.25) is 0 Å². The highest BCUT2D eigenvalue weighted by molar-refractivity contribution is 5.92. The summed E-state index contributed by atoms with van der Waals surface area (Å²) in [5.41, 5.74) is 3.21. The molecule has 0 spiro atoms. The number of rotatable bonds is 5. The minimum Gasteiger partial charge on any atom is -0.364 e. The van der Waals surface area contributed by atoms with Crippen molar-refractivity contribution < 1.29 is 14.4 Å². The van der Waals surface area contributed by atoms with Crippen LogP contribution >= 0.6 is 0 Å². The lowest BCUT2D eigenvalue weighted by atomic mass is 10.1. The average molecular weight is 305 g/mol. The number of ether oxygens (including phenoxy) is 1. The average Bonchev–Trinajstić information content (AvgIpc) is 2.42. The molecule has 122 valence electrons. The Morgan fingerprint density at radius 1 is 1.23 bits per heavy atom. The molecule has 4 heteroatoms. The number of carbonyl (C=O) groups excluding carboxylic acids is 1. The molecule has 2 rings (SSSR count). The first-order valence-corrected chi connectivity index (χ1v) is 8.30. The Morgan fingerprint density at radius 2 is 1.82 bits per heavy atom. The molecule has 0 aromatic heterocycles. The zero-order chi connectivity index (χ0) is 16.1. The van der Waals surface area contributed by atoms with Gasteiger partial charge in [-0.3, -0.25) is 4.79 Å². The molecule has 1 aromatic carbocycles. The van der Waals surface area contributed by atoms with E-state index in [-0.39, 0.29) is 5.91 Å². The fourth-order valence-corrected chi connectivity index (χ4v) is 3.31. The van der Waals surface area contributed by atoms with Gasteiger partial charge in [0.25, 0.3) is 0 Å². The monoisotopic (exact) mass is 305 g/mol. The van der Waals surface area contributed by atoms with Gasteiger partial charge in [-0.05, 0) is 38.8 Å². The number of quaternary nitrogens is 1. The Hall–Kier alpha value is -1.39. The molecule has 1 fully saturated rings.